The van der Waals surface area contributed by atoms with Crippen molar-refractivity contribution < 1.29 is 0 Å². The highest BCUT2D eigenvalue weighted by Gasteiger charge is 2.09. The summed E-state index contributed by atoms with van der Waals surface area (Å²) in [5.74, 6) is 0. The summed E-state index contributed by atoms with van der Waals surface area (Å²) in [5.41, 5.74) is 9.09. The summed E-state index contributed by atoms with van der Waals surface area (Å²) in [6.45, 7) is 0.582. The van der Waals surface area contributed by atoms with Gasteiger partial charge in [-0.3, -0.25) is 0 Å². The number of rotatable bonds is 7. The normalized spacial score (nSPS) is 10.6. The minimum absolute atomic E-state index is 0.582. The van der Waals surface area contributed by atoms with Crippen LogP contribution in [0.3, 0.4) is 0 Å². The van der Waals surface area contributed by atoms with Crippen LogP contribution in [-0.2, 0) is 6.42 Å². The smallest absolute Gasteiger partial charge is 0.148 e. The van der Waals surface area contributed by atoms with Crippen LogP contribution in [-0.4, -0.2) is 27.8 Å². The predicted octanol–water partition coefficient (Wildman–Crippen LogP) is 3.83. The zero-order valence-corrected chi connectivity index (χ0v) is 12.2. The van der Waals surface area contributed by atoms with Crippen LogP contribution < -0.4 is 0 Å². The highest BCUT2D eigenvalue weighted by Crippen LogP contribution is 2.27. The Kier molecular flexibility index (Phi) is 5.38. The van der Waals surface area contributed by atoms with Crippen molar-refractivity contribution in [3.8, 4) is 0 Å². The Morgan fingerprint density at radius 3 is 3.05 bits per heavy atom. The lowest BCUT2D eigenvalue weighted by Gasteiger charge is -1.95. The van der Waals surface area contributed by atoms with E-state index >= 15 is 0 Å². The minimum Gasteiger partial charge on any atom is -0.237 e. The molecule has 0 unspecified atom stereocenters. The first-order valence-electron chi connectivity index (χ1n) is 6.00. The molecule has 0 N–H and O–H groups in total. The van der Waals surface area contributed by atoms with Gasteiger partial charge >= 0.3 is 0 Å². The third-order valence-electron chi connectivity index (χ3n) is 2.61. The lowest BCUT2D eigenvalue weighted by atomic mass is 10.2. The second kappa shape index (κ2) is 7.28. The van der Waals surface area contributed by atoms with E-state index in [2.05, 4.69) is 25.0 Å². The third kappa shape index (κ3) is 3.79. The number of aryl methyl sites for hydroxylation is 1. The molecule has 0 fully saturated rings. The van der Waals surface area contributed by atoms with Crippen molar-refractivity contribution in [3.63, 3.8) is 0 Å². The molecule has 0 amide bonds. The van der Waals surface area contributed by atoms with E-state index in [1.807, 2.05) is 6.26 Å². The molecule has 0 bridgehead atoms. The number of nitrogens with zero attached hydrogens (tertiary/aromatic N) is 6. The Hall–Kier alpha value is -1.37. The second-order valence-electron chi connectivity index (χ2n) is 3.91. The summed E-state index contributed by atoms with van der Waals surface area (Å²) in [5, 5.41) is 5.57. The average molecular weight is 294 g/mol. The van der Waals surface area contributed by atoms with E-state index in [0.29, 0.717) is 6.54 Å². The minimum atomic E-state index is 0.582. The molecule has 0 aliphatic heterocycles. The molecule has 0 spiro atoms. The van der Waals surface area contributed by atoms with Crippen LogP contribution in [0.4, 0.5) is 0 Å². The molecule has 0 saturated carbocycles. The number of thiazole rings is 1. The molecule has 2 heterocycles. The fourth-order valence-corrected chi connectivity index (χ4v) is 3.21. The highest BCUT2D eigenvalue weighted by atomic mass is 32.2. The van der Waals surface area contributed by atoms with E-state index in [-0.39, 0.29) is 0 Å². The van der Waals surface area contributed by atoms with Gasteiger partial charge in [-0.1, -0.05) is 22.9 Å². The molecule has 0 aliphatic carbocycles. The Balaban J connectivity index is 1.92. The van der Waals surface area contributed by atoms with Crippen molar-refractivity contribution in [2.24, 2.45) is 5.11 Å². The zero-order chi connectivity index (χ0) is 13.5. The molecule has 100 valence electrons. The number of fused-ring (bicyclic) bond motifs is 1. The van der Waals surface area contributed by atoms with Gasteiger partial charge in [-0.25, -0.2) is 15.0 Å². The first-order valence-corrected chi connectivity index (χ1v) is 8.04. The molecule has 0 aliphatic rings. The van der Waals surface area contributed by atoms with Gasteiger partial charge in [-0.15, -0.1) is 11.8 Å². The Labute approximate surface area is 119 Å². The lowest BCUT2D eigenvalue weighted by molar-refractivity contribution is 0.684. The molecular weight excluding hydrogens is 280 g/mol. The summed E-state index contributed by atoms with van der Waals surface area (Å²) in [6, 6.07) is 0. The molecule has 0 saturated heterocycles. The molecular formula is C11H14N6S2. The van der Waals surface area contributed by atoms with Gasteiger partial charge in [-0.05, 0) is 31.0 Å². The number of hydrogen-bond donors (Lipinski definition) is 0. The maximum Gasteiger partial charge on any atom is 0.148 e. The van der Waals surface area contributed by atoms with Crippen molar-refractivity contribution in [2.45, 2.75) is 30.7 Å². The molecule has 19 heavy (non-hydrogen) atoms. The van der Waals surface area contributed by atoms with Crippen molar-refractivity contribution in [1.29, 1.82) is 0 Å². The lowest BCUT2D eigenvalue weighted by Crippen LogP contribution is -1.87. The van der Waals surface area contributed by atoms with Crippen molar-refractivity contribution >= 4 is 33.4 Å². The predicted molar refractivity (Wildman–Crippen MR) is 78.6 cm³/mol. The number of azide groups is 1. The number of unbranched alkanes of at least 4 members (excludes halogenated alkanes) is 2. The largest absolute Gasteiger partial charge is 0.237 e. The Morgan fingerprint density at radius 2 is 2.26 bits per heavy atom. The van der Waals surface area contributed by atoms with Crippen LogP contribution in [0.5, 0.6) is 0 Å². The summed E-state index contributed by atoms with van der Waals surface area (Å²) >= 11 is 3.23. The maximum absolute atomic E-state index is 8.17. The van der Waals surface area contributed by atoms with E-state index < -0.39 is 0 Å². The molecule has 8 heteroatoms. The van der Waals surface area contributed by atoms with Gasteiger partial charge in [0.1, 0.15) is 21.7 Å². The monoisotopic (exact) mass is 294 g/mol. The summed E-state index contributed by atoms with van der Waals surface area (Å²) < 4.78 is 0. The maximum atomic E-state index is 8.17. The summed E-state index contributed by atoms with van der Waals surface area (Å²) in [7, 11) is 0. The fraction of sp³-hybridized carbons (Fsp3) is 0.545. The Bertz CT molecular complexity index is 590. The first kappa shape index (κ1) is 14.0. The molecule has 2 aromatic heterocycles. The van der Waals surface area contributed by atoms with Gasteiger partial charge in [0, 0.05) is 11.5 Å². The number of hydrogen-bond acceptors (Lipinski definition) is 6. The van der Waals surface area contributed by atoms with Gasteiger partial charge < -0.3 is 0 Å². The molecule has 2 rings (SSSR count). The highest BCUT2D eigenvalue weighted by molar-refractivity contribution is 7.98. The van der Waals surface area contributed by atoms with Gasteiger partial charge in [0.25, 0.3) is 0 Å². The van der Waals surface area contributed by atoms with E-state index in [9.17, 15) is 0 Å². The second-order valence-corrected chi connectivity index (χ2v) is 5.77. The van der Waals surface area contributed by atoms with Crippen molar-refractivity contribution in [3.05, 3.63) is 21.8 Å². The topological polar surface area (TPSA) is 87.4 Å². The average Bonchev–Trinajstić information content (AvgIpc) is 2.85. The first-order chi connectivity index (χ1) is 9.35. The standard InChI is InChI=1S/C11H14N6S2/c1-18-10-9-11(14-7-13-10)19-8(16-9)5-3-2-4-6-15-17-12/h7H,2-6H2,1H3. The number of aromatic nitrogens is 3. The van der Waals surface area contributed by atoms with Gasteiger partial charge in [0.15, 0.2) is 0 Å². The number of thioether (sulfide) groups is 1. The molecule has 2 aromatic rings. The van der Waals surface area contributed by atoms with Crippen LogP contribution in [0, 0.1) is 0 Å². The fourth-order valence-electron chi connectivity index (χ4n) is 1.71. The molecule has 0 atom stereocenters. The van der Waals surface area contributed by atoms with Crippen LogP contribution in [0.15, 0.2) is 16.5 Å². The van der Waals surface area contributed by atoms with Gasteiger partial charge in [0.05, 0.1) is 5.01 Å². The van der Waals surface area contributed by atoms with Crippen molar-refractivity contribution in [1.82, 2.24) is 15.0 Å². The van der Waals surface area contributed by atoms with Crippen LogP contribution >= 0.6 is 23.1 Å². The summed E-state index contributed by atoms with van der Waals surface area (Å²) in [6.07, 6.45) is 7.58. The van der Waals surface area contributed by atoms with Gasteiger partial charge in [0.2, 0.25) is 0 Å². The Morgan fingerprint density at radius 1 is 1.37 bits per heavy atom. The molecule has 6 nitrogen and oxygen atoms in total. The van der Waals surface area contributed by atoms with E-state index in [1.165, 1.54) is 0 Å². The van der Waals surface area contributed by atoms with E-state index in [0.717, 1.165) is 46.1 Å². The molecule has 0 aromatic carbocycles. The SMILES string of the molecule is CSc1ncnc2sc(CCCCCN=[N+]=[N-])nc12. The van der Waals surface area contributed by atoms with E-state index in [4.69, 9.17) is 5.53 Å². The van der Waals surface area contributed by atoms with Crippen LogP contribution in [0.1, 0.15) is 24.3 Å². The quantitative estimate of drug-likeness (QED) is 0.194. The van der Waals surface area contributed by atoms with Crippen LogP contribution in [0.2, 0.25) is 0 Å². The zero-order valence-electron chi connectivity index (χ0n) is 10.6. The summed E-state index contributed by atoms with van der Waals surface area (Å²) in [4.78, 5) is 16.8. The van der Waals surface area contributed by atoms with Gasteiger partial charge in [-0.2, -0.15) is 0 Å². The van der Waals surface area contributed by atoms with E-state index in [1.54, 1.807) is 29.4 Å². The van der Waals surface area contributed by atoms with Crippen molar-refractivity contribution in [2.75, 3.05) is 12.8 Å². The molecule has 0 radical (unpaired) electrons. The van der Waals surface area contributed by atoms with Crippen LogP contribution in [0.25, 0.3) is 20.8 Å². The third-order valence-corrected chi connectivity index (χ3v) is 4.32.